The first-order valence-corrected chi connectivity index (χ1v) is 4.05. The molecule has 0 bridgehead atoms. The second kappa shape index (κ2) is 4.69. The van der Waals surface area contributed by atoms with Crippen LogP contribution in [0.4, 0.5) is 0 Å². The van der Waals surface area contributed by atoms with Crippen molar-refractivity contribution in [2.24, 2.45) is 17.4 Å². The summed E-state index contributed by atoms with van der Waals surface area (Å²) in [5.41, 5.74) is 11.3. The molecule has 0 aromatic heterocycles. The van der Waals surface area contributed by atoms with Gasteiger partial charge in [-0.25, -0.2) is 0 Å². The maximum absolute atomic E-state index is 5.68. The normalized spacial score (nSPS) is 20.1. The zero-order valence-electron chi connectivity index (χ0n) is 7.30. The fourth-order valence-electron chi connectivity index (χ4n) is 0.789. The van der Waals surface area contributed by atoms with E-state index in [-0.39, 0.29) is 0 Å². The smallest absolute Gasteiger partial charge is 0.00361 e. The second-order valence-corrected chi connectivity index (χ2v) is 3.39. The Hall–Kier alpha value is -0.0800. The lowest BCUT2D eigenvalue weighted by Gasteiger charge is -2.15. The molecule has 0 saturated carbocycles. The van der Waals surface area contributed by atoms with Crippen molar-refractivity contribution in [1.82, 2.24) is 0 Å². The van der Waals surface area contributed by atoms with Crippen molar-refractivity contribution in [2.75, 3.05) is 0 Å². The van der Waals surface area contributed by atoms with Crippen LogP contribution in [0.2, 0.25) is 0 Å². The number of nitrogens with two attached hydrogens (primary N) is 2. The lowest BCUT2D eigenvalue weighted by atomic mass is 9.97. The lowest BCUT2D eigenvalue weighted by Crippen LogP contribution is -2.26. The molecule has 10 heavy (non-hydrogen) atoms. The van der Waals surface area contributed by atoms with Crippen LogP contribution in [0.1, 0.15) is 33.6 Å². The molecule has 3 atom stereocenters. The average Bonchev–Trinajstić information content (AvgIpc) is 1.82. The van der Waals surface area contributed by atoms with E-state index in [9.17, 15) is 0 Å². The summed E-state index contributed by atoms with van der Waals surface area (Å²) < 4.78 is 0. The fraction of sp³-hybridized carbons (Fsp3) is 1.00. The van der Waals surface area contributed by atoms with Crippen LogP contribution in [-0.4, -0.2) is 12.1 Å². The van der Waals surface area contributed by atoms with E-state index in [2.05, 4.69) is 6.92 Å². The second-order valence-electron chi connectivity index (χ2n) is 3.39. The van der Waals surface area contributed by atoms with Crippen molar-refractivity contribution < 1.29 is 0 Å². The molecule has 2 heteroatoms. The van der Waals surface area contributed by atoms with Gasteiger partial charge in [0.05, 0.1) is 0 Å². The molecule has 0 fully saturated rings. The van der Waals surface area contributed by atoms with Gasteiger partial charge in [-0.05, 0) is 32.6 Å². The summed E-state index contributed by atoms with van der Waals surface area (Å²) in [7, 11) is 0. The third-order valence-electron chi connectivity index (χ3n) is 1.97. The predicted molar refractivity (Wildman–Crippen MR) is 45.7 cm³/mol. The number of hydrogen-bond acceptors (Lipinski definition) is 2. The summed E-state index contributed by atoms with van der Waals surface area (Å²) >= 11 is 0. The zero-order chi connectivity index (χ0) is 8.15. The van der Waals surface area contributed by atoms with Crippen molar-refractivity contribution in [3.8, 4) is 0 Å². The average molecular weight is 144 g/mol. The molecule has 0 rings (SSSR count). The van der Waals surface area contributed by atoms with E-state index in [0.29, 0.717) is 18.0 Å². The van der Waals surface area contributed by atoms with Crippen LogP contribution >= 0.6 is 0 Å². The molecule has 2 nitrogen and oxygen atoms in total. The van der Waals surface area contributed by atoms with E-state index in [1.165, 1.54) is 0 Å². The van der Waals surface area contributed by atoms with Gasteiger partial charge in [-0.15, -0.1) is 0 Å². The summed E-state index contributed by atoms with van der Waals surface area (Å²) in [4.78, 5) is 0. The van der Waals surface area contributed by atoms with Crippen LogP contribution < -0.4 is 11.5 Å². The van der Waals surface area contributed by atoms with Crippen LogP contribution in [0.25, 0.3) is 0 Å². The van der Waals surface area contributed by atoms with Gasteiger partial charge in [0.25, 0.3) is 0 Å². The van der Waals surface area contributed by atoms with Gasteiger partial charge < -0.3 is 11.5 Å². The van der Waals surface area contributed by atoms with Crippen LogP contribution in [0.15, 0.2) is 0 Å². The first kappa shape index (κ1) is 9.92. The Balaban J connectivity index is 3.30. The molecular weight excluding hydrogens is 124 g/mol. The molecule has 0 aliphatic heterocycles. The molecule has 0 aromatic rings. The van der Waals surface area contributed by atoms with Crippen molar-refractivity contribution >= 4 is 0 Å². The Kier molecular flexibility index (Phi) is 4.65. The minimum atomic E-state index is 0.304. The topological polar surface area (TPSA) is 52.0 Å². The van der Waals surface area contributed by atoms with Crippen molar-refractivity contribution in [3.05, 3.63) is 0 Å². The molecule has 0 aliphatic carbocycles. The highest BCUT2D eigenvalue weighted by Gasteiger charge is 2.07. The van der Waals surface area contributed by atoms with Gasteiger partial charge in [0.15, 0.2) is 0 Å². The number of hydrogen-bond donors (Lipinski definition) is 2. The Morgan fingerprint density at radius 1 is 1.00 bits per heavy atom. The standard InChI is InChI=1S/C8H20N2/c1-6(8(3)10)4-5-7(2)9/h6-8H,4-5,9-10H2,1-3H3/t6-,7?,8+/m0/s1. The zero-order valence-corrected chi connectivity index (χ0v) is 7.30. The van der Waals surface area contributed by atoms with Gasteiger partial charge in [-0.2, -0.15) is 0 Å². The maximum atomic E-state index is 5.68. The predicted octanol–water partition coefficient (Wildman–Crippen LogP) is 1.10. The Labute approximate surface area is 64.0 Å². The Bertz CT molecular complexity index is 79.3. The van der Waals surface area contributed by atoms with Crippen LogP contribution in [0, 0.1) is 5.92 Å². The molecule has 0 spiro atoms. The van der Waals surface area contributed by atoms with E-state index in [4.69, 9.17) is 11.5 Å². The van der Waals surface area contributed by atoms with Crippen LogP contribution in [0.5, 0.6) is 0 Å². The fourth-order valence-corrected chi connectivity index (χ4v) is 0.789. The summed E-state index contributed by atoms with van der Waals surface area (Å²) in [5.74, 6) is 0.603. The van der Waals surface area contributed by atoms with Crippen LogP contribution in [0.3, 0.4) is 0 Å². The summed E-state index contributed by atoms with van der Waals surface area (Å²) in [6.07, 6.45) is 2.23. The molecular formula is C8H20N2. The van der Waals surface area contributed by atoms with Gasteiger partial charge in [0.2, 0.25) is 0 Å². The van der Waals surface area contributed by atoms with Gasteiger partial charge in [0, 0.05) is 12.1 Å². The molecule has 1 unspecified atom stereocenters. The number of rotatable bonds is 4. The summed E-state index contributed by atoms with van der Waals surface area (Å²) in [5, 5.41) is 0. The van der Waals surface area contributed by atoms with Crippen LogP contribution in [-0.2, 0) is 0 Å². The molecule has 62 valence electrons. The van der Waals surface area contributed by atoms with E-state index >= 15 is 0 Å². The molecule has 0 aromatic carbocycles. The molecule has 0 heterocycles. The maximum Gasteiger partial charge on any atom is 0.00361 e. The van der Waals surface area contributed by atoms with Crippen molar-refractivity contribution in [3.63, 3.8) is 0 Å². The monoisotopic (exact) mass is 144 g/mol. The van der Waals surface area contributed by atoms with E-state index in [1.54, 1.807) is 0 Å². The van der Waals surface area contributed by atoms with E-state index in [1.807, 2.05) is 13.8 Å². The SMILES string of the molecule is CC(N)CC[C@H](C)[C@@H](C)N. The molecule has 0 saturated heterocycles. The first-order valence-electron chi connectivity index (χ1n) is 4.05. The highest BCUT2D eigenvalue weighted by atomic mass is 14.6. The van der Waals surface area contributed by atoms with Crippen molar-refractivity contribution in [2.45, 2.75) is 45.7 Å². The first-order chi connectivity index (χ1) is 4.54. The van der Waals surface area contributed by atoms with E-state index in [0.717, 1.165) is 12.8 Å². The molecule has 0 aliphatic rings. The summed E-state index contributed by atoms with van der Waals surface area (Å²) in [6, 6.07) is 0.625. The third kappa shape index (κ3) is 4.77. The van der Waals surface area contributed by atoms with Gasteiger partial charge in [0.1, 0.15) is 0 Å². The highest BCUT2D eigenvalue weighted by Crippen LogP contribution is 2.09. The lowest BCUT2D eigenvalue weighted by molar-refractivity contribution is 0.420. The van der Waals surface area contributed by atoms with Gasteiger partial charge >= 0.3 is 0 Å². The quantitative estimate of drug-likeness (QED) is 0.620. The molecule has 0 amide bonds. The third-order valence-corrected chi connectivity index (χ3v) is 1.97. The Morgan fingerprint density at radius 2 is 1.50 bits per heavy atom. The van der Waals surface area contributed by atoms with Gasteiger partial charge in [-0.3, -0.25) is 0 Å². The summed E-state index contributed by atoms with van der Waals surface area (Å²) in [6.45, 7) is 6.26. The Morgan fingerprint density at radius 3 is 1.80 bits per heavy atom. The molecule has 4 N–H and O–H groups in total. The largest absolute Gasteiger partial charge is 0.328 e. The minimum absolute atomic E-state index is 0.304. The minimum Gasteiger partial charge on any atom is -0.328 e. The van der Waals surface area contributed by atoms with Gasteiger partial charge in [-0.1, -0.05) is 6.92 Å². The van der Waals surface area contributed by atoms with Crippen molar-refractivity contribution in [1.29, 1.82) is 0 Å². The van der Waals surface area contributed by atoms with E-state index < -0.39 is 0 Å². The molecule has 0 radical (unpaired) electrons. The highest BCUT2D eigenvalue weighted by molar-refractivity contribution is 4.65.